The van der Waals surface area contributed by atoms with Gasteiger partial charge < -0.3 is 4.42 Å². The highest BCUT2D eigenvalue weighted by Crippen LogP contribution is 2.41. The standard InChI is InChI=1S/C49H31N3O/c1-3-14-34(15-4-1)44-31-45(35-27-25-33(26-28-35)39-23-11-18-32-13-7-8-20-38(32)39)51-48(50-44)42-22-10-9-21-40(42)41-24-12-19-36-29-30-43-47(46(36)41)53-49(52-43)37-16-5-2-6-17-37/h1-31H. The van der Waals surface area contributed by atoms with Crippen molar-refractivity contribution >= 4 is 32.6 Å². The minimum Gasteiger partial charge on any atom is -0.435 e. The van der Waals surface area contributed by atoms with E-state index in [4.69, 9.17) is 19.4 Å². The summed E-state index contributed by atoms with van der Waals surface area (Å²) >= 11 is 0. The van der Waals surface area contributed by atoms with E-state index in [0.717, 1.165) is 66.6 Å². The number of fused-ring (bicyclic) bond motifs is 4. The highest BCUT2D eigenvalue weighted by Gasteiger charge is 2.19. The smallest absolute Gasteiger partial charge is 0.227 e. The number of hydrogen-bond donors (Lipinski definition) is 0. The van der Waals surface area contributed by atoms with Crippen LogP contribution >= 0.6 is 0 Å². The molecule has 53 heavy (non-hydrogen) atoms. The van der Waals surface area contributed by atoms with Crippen molar-refractivity contribution in [2.45, 2.75) is 0 Å². The van der Waals surface area contributed by atoms with E-state index < -0.39 is 0 Å². The molecule has 0 bridgehead atoms. The molecular weight excluding hydrogens is 647 g/mol. The zero-order valence-electron chi connectivity index (χ0n) is 28.6. The summed E-state index contributed by atoms with van der Waals surface area (Å²) in [5.41, 5.74) is 11.7. The summed E-state index contributed by atoms with van der Waals surface area (Å²) in [6.45, 7) is 0. The first-order chi connectivity index (χ1) is 26.3. The van der Waals surface area contributed by atoms with Gasteiger partial charge in [-0.05, 0) is 62.7 Å². The fraction of sp³-hybridized carbons (Fsp3) is 0. The zero-order chi connectivity index (χ0) is 35.1. The quantitative estimate of drug-likeness (QED) is 0.176. The lowest BCUT2D eigenvalue weighted by Crippen LogP contribution is -1.97. The molecule has 0 saturated carbocycles. The lowest BCUT2D eigenvalue weighted by Gasteiger charge is -2.14. The monoisotopic (exact) mass is 677 g/mol. The molecule has 0 fully saturated rings. The van der Waals surface area contributed by atoms with E-state index in [1.165, 1.54) is 21.9 Å². The second-order valence-electron chi connectivity index (χ2n) is 13.2. The zero-order valence-corrected chi connectivity index (χ0v) is 28.6. The van der Waals surface area contributed by atoms with E-state index in [2.05, 4.69) is 133 Å². The van der Waals surface area contributed by atoms with Crippen molar-refractivity contribution in [3.05, 3.63) is 188 Å². The fourth-order valence-electron chi connectivity index (χ4n) is 7.37. The molecule has 4 heteroatoms. The van der Waals surface area contributed by atoms with Gasteiger partial charge in [-0.3, -0.25) is 0 Å². The third-order valence-electron chi connectivity index (χ3n) is 9.95. The van der Waals surface area contributed by atoms with Gasteiger partial charge in [-0.25, -0.2) is 15.0 Å². The van der Waals surface area contributed by atoms with Gasteiger partial charge in [-0.2, -0.15) is 0 Å². The molecule has 0 saturated heterocycles. The van der Waals surface area contributed by atoms with E-state index in [1.54, 1.807) is 0 Å². The summed E-state index contributed by atoms with van der Waals surface area (Å²) < 4.78 is 6.55. The van der Waals surface area contributed by atoms with Crippen LogP contribution in [0.4, 0.5) is 0 Å². The van der Waals surface area contributed by atoms with Gasteiger partial charge in [0.2, 0.25) is 5.89 Å². The van der Waals surface area contributed by atoms with E-state index in [1.807, 2.05) is 54.6 Å². The van der Waals surface area contributed by atoms with Crippen LogP contribution in [0.2, 0.25) is 0 Å². The molecule has 0 amide bonds. The van der Waals surface area contributed by atoms with Gasteiger partial charge in [-0.15, -0.1) is 0 Å². The molecule has 0 unspecified atom stereocenters. The Balaban J connectivity index is 1.13. The summed E-state index contributed by atoms with van der Waals surface area (Å²) in [6.07, 6.45) is 0. The topological polar surface area (TPSA) is 51.8 Å². The van der Waals surface area contributed by atoms with Crippen LogP contribution in [0, 0.1) is 0 Å². The first-order valence-electron chi connectivity index (χ1n) is 17.8. The van der Waals surface area contributed by atoms with Crippen LogP contribution in [0.3, 0.4) is 0 Å². The number of aromatic nitrogens is 3. The maximum absolute atomic E-state index is 6.55. The van der Waals surface area contributed by atoms with Gasteiger partial charge in [-0.1, -0.05) is 164 Å². The summed E-state index contributed by atoms with van der Waals surface area (Å²) in [4.78, 5) is 15.4. The second kappa shape index (κ2) is 12.9. The van der Waals surface area contributed by atoms with E-state index >= 15 is 0 Å². The van der Waals surface area contributed by atoms with Crippen LogP contribution in [-0.2, 0) is 0 Å². The predicted molar refractivity (Wildman–Crippen MR) is 217 cm³/mol. The van der Waals surface area contributed by atoms with Crippen LogP contribution in [0.15, 0.2) is 192 Å². The van der Waals surface area contributed by atoms with Crippen molar-refractivity contribution in [1.29, 1.82) is 0 Å². The van der Waals surface area contributed by atoms with Crippen molar-refractivity contribution in [2.75, 3.05) is 0 Å². The van der Waals surface area contributed by atoms with Gasteiger partial charge in [0.1, 0.15) is 5.52 Å². The van der Waals surface area contributed by atoms with E-state index in [9.17, 15) is 0 Å². The number of hydrogen-bond acceptors (Lipinski definition) is 4. The van der Waals surface area contributed by atoms with Crippen LogP contribution < -0.4 is 0 Å². The van der Waals surface area contributed by atoms with Gasteiger partial charge >= 0.3 is 0 Å². The Labute approximate surface area is 306 Å². The summed E-state index contributed by atoms with van der Waals surface area (Å²) in [7, 11) is 0. The molecule has 2 aromatic heterocycles. The fourth-order valence-corrected chi connectivity index (χ4v) is 7.37. The lowest BCUT2D eigenvalue weighted by atomic mass is 9.93. The minimum absolute atomic E-state index is 0.603. The normalized spacial score (nSPS) is 11.4. The Hall–Kier alpha value is -7.17. The molecule has 0 aliphatic heterocycles. The highest BCUT2D eigenvalue weighted by atomic mass is 16.3. The predicted octanol–water partition coefficient (Wildman–Crippen LogP) is 12.9. The van der Waals surface area contributed by atoms with Crippen LogP contribution in [0.5, 0.6) is 0 Å². The van der Waals surface area contributed by atoms with Crippen molar-refractivity contribution in [3.63, 3.8) is 0 Å². The van der Waals surface area contributed by atoms with Crippen molar-refractivity contribution < 1.29 is 4.42 Å². The third-order valence-corrected chi connectivity index (χ3v) is 9.95. The largest absolute Gasteiger partial charge is 0.435 e. The Morgan fingerprint density at radius 2 is 0.925 bits per heavy atom. The molecule has 0 aliphatic carbocycles. The average molecular weight is 678 g/mol. The summed E-state index contributed by atoms with van der Waals surface area (Å²) in [5, 5.41) is 4.55. The number of benzene rings is 8. The minimum atomic E-state index is 0.603. The van der Waals surface area contributed by atoms with E-state index in [-0.39, 0.29) is 0 Å². The molecule has 10 rings (SSSR count). The van der Waals surface area contributed by atoms with Crippen molar-refractivity contribution in [1.82, 2.24) is 15.0 Å². The second-order valence-corrected chi connectivity index (χ2v) is 13.2. The van der Waals surface area contributed by atoms with Gasteiger partial charge in [0.25, 0.3) is 0 Å². The van der Waals surface area contributed by atoms with Gasteiger partial charge in [0.05, 0.1) is 11.4 Å². The molecule has 248 valence electrons. The van der Waals surface area contributed by atoms with Gasteiger partial charge in [0.15, 0.2) is 11.4 Å². The Morgan fingerprint density at radius 3 is 1.70 bits per heavy atom. The number of rotatable bonds is 6. The van der Waals surface area contributed by atoms with Crippen molar-refractivity contribution in [2.24, 2.45) is 0 Å². The molecular formula is C49H31N3O. The first-order valence-corrected chi connectivity index (χ1v) is 17.8. The van der Waals surface area contributed by atoms with Crippen LogP contribution in [0.1, 0.15) is 0 Å². The molecule has 4 nitrogen and oxygen atoms in total. The molecule has 10 aromatic rings. The van der Waals surface area contributed by atoms with Crippen molar-refractivity contribution in [3.8, 4) is 67.6 Å². The maximum atomic E-state index is 6.55. The van der Waals surface area contributed by atoms with Crippen LogP contribution in [0.25, 0.3) is 100 Å². The van der Waals surface area contributed by atoms with Gasteiger partial charge in [0, 0.05) is 27.6 Å². The number of nitrogens with zero attached hydrogens (tertiary/aromatic N) is 3. The lowest BCUT2D eigenvalue weighted by molar-refractivity contribution is 0.623. The Bertz CT molecular complexity index is 2930. The molecule has 0 atom stereocenters. The molecule has 2 heterocycles. The molecule has 0 aliphatic rings. The molecule has 0 N–H and O–H groups in total. The Morgan fingerprint density at radius 1 is 0.358 bits per heavy atom. The SMILES string of the molecule is c1ccc(-c2cc(-c3ccc(-c4cccc5ccccc45)cc3)nc(-c3ccccc3-c3cccc4ccc5nc(-c6ccccc6)oc5c34)n2)cc1. The third kappa shape index (κ3) is 5.54. The molecule has 0 radical (unpaired) electrons. The molecule has 8 aromatic carbocycles. The summed E-state index contributed by atoms with van der Waals surface area (Å²) in [5.74, 6) is 1.26. The van der Waals surface area contributed by atoms with Crippen LogP contribution in [-0.4, -0.2) is 15.0 Å². The first kappa shape index (κ1) is 30.6. The highest BCUT2D eigenvalue weighted by molar-refractivity contribution is 6.12. The average Bonchev–Trinajstić information content (AvgIpc) is 3.69. The van der Waals surface area contributed by atoms with E-state index in [0.29, 0.717) is 11.7 Å². The summed E-state index contributed by atoms with van der Waals surface area (Å²) in [6, 6.07) is 65.1. The molecule has 0 spiro atoms. The maximum Gasteiger partial charge on any atom is 0.227 e. The number of oxazole rings is 1. The Kier molecular flexibility index (Phi) is 7.43.